The van der Waals surface area contributed by atoms with Crippen LogP contribution in [0.25, 0.3) is 11.4 Å². The lowest BCUT2D eigenvalue weighted by Crippen LogP contribution is -2.23. The van der Waals surface area contributed by atoms with Gasteiger partial charge in [-0.2, -0.15) is 4.80 Å². The first-order valence-electron chi connectivity index (χ1n) is 8.61. The van der Waals surface area contributed by atoms with Gasteiger partial charge in [0.2, 0.25) is 5.82 Å². The molecule has 28 heavy (non-hydrogen) atoms. The van der Waals surface area contributed by atoms with Gasteiger partial charge in [-0.25, -0.2) is 4.79 Å². The van der Waals surface area contributed by atoms with Crippen LogP contribution in [0.4, 0.5) is 5.69 Å². The van der Waals surface area contributed by atoms with Gasteiger partial charge >= 0.3 is 5.97 Å². The molecule has 1 N–H and O–H groups in total. The molecule has 0 aliphatic rings. The molecule has 8 nitrogen and oxygen atoms in total. The van der Waals surface area contributed by atoms with Gasteiger partial charge in [0.1, 0.15) is 0 Å². The molecule has 3 rings (SSSR count). The summed E-state index contributed by atoms with van der Waals surface area (Å²) >= 11 is 5.84. The number of esters is 1. The number of carbonyl (C=O) groups is 2. The summed E-state index contributed by atoms with van der Waals surface area (Å²) in [4.78, 5) is 24.9. The molecule has 1 amide bonds. The summed E-state index contributed by atoms with van der Waals surface area (Å²) in [7, 11) is 0. The zero-order valence-corrected chi connectivity index (χ0v) is 15.9. The van der Waals surface area contributed by atoms with Crippen LogP contribution in [0.2, 0.25) is 5.02 Å². The second kappa shape index (κ2) is 9.09. The van der Waals surface area contributed by atoms with Crippen molar-refractivity contribution in [2.24, 2.45) is 0 Å². The Morgan fingerprint density at radius 1 is 1.11 bits per heavy atom. The fourth-order valence-electron chi connectivity index (χ4n) is 2.35. The highest BCUT2D eigenvalue weighted by Crippen LogP contribution is 2.17. The van der Waals surface area contributed by atoms with Crippen molar-refractivity contribution in [1.29, 1.82) is 0 Å². The Hall–Kier alpha value is -3.26. The molecule has 1 aromatic heterocycles. The lowest BCUT2D eigenvalue weighted by molar-refractivity contribution is -0.148. The van der Waals surface area contributed by atoms with Crippen LogP contribution in [-0.2, 0) is 27.3 Å². The summed E-state index contributed by atoms with van der Waals surface area (Å²) in [6.07, 6.45) is 0.919. The number of aryl methyl sites for hydroxylation is 1. The van der Waals surface area contributed by atoms with Crippen LogP contribution in [0.1, 0.15) is 12.5 Å². The van der Waals surface area contributed by atoms with Crippen LogP contribution in [0.3, 0.4) is 0 Å². The Kier molecular flexibility index (Phi) is 6.33. The first kappa shape index (κ1) is 19.5. The van der Waals surface area contributed by atoms with E-state index < -0.39 is 18.5 Å². The van der Waals surface area contributed by atoms with Crippen molar-refractivity contribution in [3.63, 3.8) is 0 Å². The van der Waals surface area contributed by atoms with Gasteiger partial charge in [-0.3, -0.25) is 4.79 Å². The largest absolute Gasteiger partial charge is 0.454 e. The molecule has 0 radical (unpaired) electrons. The molecule has 0 fully saturated rings. The predicted octanol–water partition coefficient (Wildman–Crippen LogP) is 2.74. The van der Waals surface area contributed by atoms with Gasteiger partial charge in [0.25, 0.3) is 5.91 Å². The SMILES string of the molecule is CCc1ccc(NC(=O)COC(=O)Cn2nnc(-c3ccc(Cl)cc3)n2)cc1. The fraction of sp³-hybridized carbons (Fsp3) is 0.211. The van der Waals surface area contributed by atoms with Crippen LogP contribution in [0, 0.1) is 0 Å². The summed E-state index contributed by atoms with van der Waals surface area (Å²) in [6.45, 7) is 1.40. The highest BCUT2D eigenvalue weighted by Gasteiger charge is 2.12. The first-order chi connectivity index (χ1) is 13.5. The maximum absolute atomic E-state index is 11.9. The molecule has 2 aromatic carbocycles. The molecule has 1 heterocycles. The van der Waals surface area contributed by atoms with E-state index in [0.717, 1.165) is 16.8 Å². The second-order valence-corrected chi connectivity index (χ2v) is 6.35. The number of ether oxygens (including phenoxy) is 1. The van der Waals surface area contributed by atoms with Crippen molar-refractivity contribution in [3.8, 4) is 11.4 Å². The highest BCUT2D eigenvalue weighted by molar-refractivity contribution is 6.30. The molecule has 0 atom stereocenters. The standard InChI is InChI=1S/C19H18ClN5O3/c1-2-13-3-9-16(10-4-13)21-17(26)12-28-18(27)11-25-23-19(22-24-25)14-5-7-15(20)8-6-14/h3-10H,2,11-12H2,1H3,(H,21,26). The maximum Gasteiger partial charge on any atom is 0.330 e. The third kappa shape index (κ3) is 5.37. The number of anilines is 1. The van der Waals surface area contributed by atoms with Gasteiger partial charge in [-0.05, 0) is 53.6 Å². The lowest BCUT2D eigenvalue weighted by atomic mass is 10.1. The van der Waals surface area contributed by atoms with Crippen molar-refractivity contribution in [2.45, 2.75) is 19.9 Å². The Balaban J connectivity index is 1.47. The summed E-state index contributed by atoms with van der Waals surface area (Å²) < 4.78 is 4.96. The van der Waals surface area contributed by atoms with E-state index in [2.05, 4.69) is 27.7 Å². The fourth-order valence-corrected chi connectivity index (χ4v) is 2.48. The molecule has 0 saturated carbocycles. The number of carbonyl (C=O) groups excluding carboxylic acids is 2. The van der Waals surface area contributed by atoms with E-state index >= 15 is 0 Å². The molecule has 144 valence electrons. The number of rotatable bonds is 7. The van der Waals surface area contributed by atoms with Crippen LogP contribution in [0.5, 0.6) is 0 Å². The average Bonchev–Trinajstić information content (AvgIpc) is 3.16. The molecule has 0 aliphatic carbocycles. The molecule has 0 saturated heterocycles. The molecular formula is C19H18ClN5O3. The highest BCUT2D eigenvalue weighted by atomic mass is 35.5. The lowest BCUT2D eigenvalue weighted by Gasteiger charge is -2.07. The van der Waals surface area contributed by atoms with Gasteiger partial charge in [0, 0.05) is 16.3 Å². The molecule has 0 bridgehead atoms. The van der Waals surface area contributed by atoms with Crippen molar-refractivity contribution in [2.75, 3.05) is 11.9 Å². The number of benzene rings is 2. The molecule has 0 unspecified atom stereocenters. The summed E-state index contributed by atoms with van der Waals surface area (Å²) in [5, 5.41) is 15.1. The van der Waals surface area contributed by atoms with Gasteiger partial charge in [-0.1, -0.05) is 30.7 Å². The minimum Gasteiger partial charge on any atom is -0.454 e. The van der Waals surface area contributed by atoms with E-state index in [1.807, 2.05) is 12.1 Å². The van der Waals surface area contributed by atoms with Crippen LogP contribution in [0.15, 0.2) is 48.5 Å². The number of nitrogens with zero attached hydrogens (tertiary/aromatic N) is 4. The zero-order valence-electron chi connectivity index (χ0n) is 15.1. The monoisotopic (exact) mass is 399 g/mol. The molecule has 3 aromatic rings. The van der Waals surface area contributed by atoms with Gasteiger partial charge < -0.3 is 10.1 Å². The average molecular weight is 400 g/mol. The number of amides is 1. The van der Waals surface area contributed by atoms with Gasteiger partial charge in [0.15, 0.2) is 13.2 Å². The summed E-state index contributed by atoms with van der Waals surface area (Å²) in [5.41, 5.74) is 2.53. The smallest absolute Gasteiger partial charge is 0.330 e. The first-order valence-corrected chi connectivity index (χ1v) is 8.99. The van der Waals surface area contributed by atoms with Crippen molar-refractivity contribution >= 4 is 29.2 Å². The van der Waals surface area contributed by atoms with E-state index in [-0.39, 0.29) is 6.54 Å². The van der Waals surface area contributed by atoms with Crippen LogP contribution < -0.4 is 5.32 Å². The minimum absolute atomic E-state index is 0.251. The zero-order chi connectivity index (χ0) is 19.9. The van der Waals surface area contributed by atoms with E-state index in [1.165, 1.54) is 5.56 Å². The van der Waals surface area contributed by atoms with Crippen LogP contribution in [-0.4, -0.2) is 38.7 Å². The van der Waals surface area contributed by atoms with Crippen molar-refractivity contribution in [3.05, 3.63) is 59.1 Å². The normalized spacial score (nSPS) is 10.5. The minimum atomic E-state index is -0.642. The number of tetrazole rings is 1. The van der Waals surface area contributed by atoms with Crippen molar-refractivity contribution in [1.82, 2.24) is 20.2 Å². The second-order valence-electron chi connectivity index (χ2n) is 5.91. The Morgan fingerprint density at radius 2 is 1.82 bits per heavy atom. The third-order valence-electron chi connectivity index (χ3n) is 3.84. The topological polar surface area (TPSA) is 99.0 Å². The molecular weight excluding hydrogens is 382 g/mol. The number of nitrogens with one attached hydrogen (secondary N) is 1. The summed E-state index contributed by atoms with van der Waals surface area (Å²) in [6, 6.07) is 14.4. The van der Waals surface area contributed by atoms with Gasteiger partial charge in [0.05, 0.1) is 0 Å². The molecule has 9 heteroatoms. The number of halogens is 1. The van der Waals surface area contributed by atoms with E-state index in [4.69, 9.17) is 16.3 Å². The number of hydrogen-bond acceptors (Lipinski definition) is 6. The number of aromatic nitrogens is 4. The summed E-state index contributed by atoms with van der Waals surface area (Å²) in [5.74, 6) is -0.708. The maximum atomic E-state index is 11.9. The Bertz CT molecular complexity index is 954. The third-order valence-corrected chi connectivity index (χ3v) is 4.09. The van der Waals surface area contributed by atoms with E-state index in [9.17, 15) is 9.59 Å². The van der Waals surface area contributed by atoms with E-state index in [1.54, 1.807) is 36.4 Å². The quantitative estimate of drug-likeness (QED) is 0.613. The van der Waals surface area contributed by atoms with Crippen molar-refractivity contribution < 1.29 is 14.3 Å². The predicted molar refractivity (Wildman–Crippen MR) is 104 cm³/mol. The van der Waals surface area contributed by atoms with Crippen LogP contribution >= 0.6 is 11.6 Å². The Labute approximate surface area is 166 Å². The Morgan fingerprint density at radius 3 is 2.50 bits per heavy atom. The van der Waals surface area contributed by atoms with Gasteiger partial charge in [-0.15, -0.1) is 10.2 Å². The number of hydrogen-bond donors (Lipinski definition) is 1. The van der Waals surface area contributed by atoms with E-state index in [0.29, 0.717) is 16.5 Å². The molecule has 0 spiro atoms. The molecule has 0 aliphatic heterocycles.